The molecule has 3 aromatic heterocycles. The summed E-state index contributed by atoms with van der Waals surface area (Å²) in [5, 5.41) is 23.3. The largest absolute Gasteiger partial charge is 0.375 e. The van der Waals surface area contributed by atoms with Crippen LogP contribution < -0.4 is 15.1 Å². The van der Waals surface area contributed by atoms with Crippen molar-refractivity contribution in [2.75, 3.05) is 41.9 Å². The third-order valence-corrected chi connectivity index (χ3v) is 6.98. The summed E-state index contributed by atoms with van der Waals surface area (Å²) < 4.78 is 7.30. The number of aromatic nitrogens is 8. The number of carbonyl (C=O) groups is 1. The van der Waals surface area contributed by atoms with Gasteiger partial charge in [0.15, 0.2) is 0 Å². The van der Waals surface area contributed by atoms with Gasteiger partial charge in [0, 0.05) is 43.0 Å². The Hall–Kier alpha value is -4.39. The number of aromatic amines is 1. The molecule has 37 heavy (non-hydrogen) atoms. The zero-order valence-corrected chi connectivity index (χ0v) is 21.0. The van der Waals surface area contributed by atoms with Gasteiger partial charge in [-0.15, -0.1) is 0 Å². The maximum atomic E-state index is 13.4. The Bertz CT molecular complexity index is 1520. The number of fused-ring (bicyclic) bond motifs is 2. The number of ether oxygens (including phenoxy) is 1. The van der Waals surface area contributed by atoms with Gasteiger partial charge in [0.05, 0.1) is 35.5 Å². The first-order chi connectivity index (χ1) is 17.9. The number of hydrogen-bond donors (Lipinski definition) is 2. The zero-order valence-electron chi connectivity index (χ0n) is 21.0. The van der Waals surface area contributed by atoms with Gasteiger partial charge in [0.25, 0.3) is 5.91 Å². The third-order valence-electron chi connectivity index (χ3n) is 6.98. The van der Waals surface area contributed by atoms with Crippen molar-refractivity contribution in [1.29, 1.82) is 0 Å². The van der Waals surface area contributed by atoms with Gasteiger partial charge in [-0.2, -0.15) is 5.10 Å². The van der Waals surface area contributed by atoms with E-state index in [1.165, 1.54) is 0 Å². The zero-order chi connectivity index (χ0) is 25.7. The van der Waals surface area contributed by atoms with Crippen LogP contribution in [0, 0.1) is 0 Å². The third kappa shape index (κ3) is 3.96. The number of rotatable bonds is 4. The van der Waals surface area contributed by atoms with Crippen LogP contribution in [0.5, 0.6) is 0 Å². The molecule has 1 saturated heterocycles. The maximum Gasteiger partial charge on any atom is 0.255 e. The van der Waals surface area contributed by atoms with Crippen molar-refractivity contribution in [3.05, 3.63) is 41.9 Å². The number of tetrazole rings is 1. The molecule has 2 atom stereocenters. The van der Waals surface area contributed by atoms with E-state index in [0.717, 1.165) is 35.5 Å². The highest BCUT2D eigenvalue weighted by Crippen LogP contribution is 2.33. The van der Waals surface area contributed by atoms with Crippen LogP contribution in [-0.4, -0.2) is 79.1 Å². The maximum absolute atomic E-state index is 13.4. The summed E-state index contributed by atoms with van der Waals surface area (Å²) in [5.74, 6) is 1.22. The Balaban J connectivity index is 1.29. The molecule has 4 aromatic rings. The van der Waals surface area contributed by atoms with Gasteiger partial charge >= 0.3 is 0 Å². The van der Waals surface area contributed by atoms with Gasteiger partial charge in [-0.1, -0.05) is 5.10 Å². The number of benzene rings is 1. The Morgan fingerprint density at radius 3 is 2.92 bits per heavy atom. The SMILES string of the molecule is CC1=C(C(=O)Nc2ccc3[nH]nc(-c4cc(N5CCO[C@@H](C)C5)ncn4)c3c2)C(C)n2nnnc2N1C. The molecule has 2 N–H and O–H groups in total. The minimum atomic E-state index is -0.309. The fourth-order valence-corrected chi connectivity index (χ4v) is 4.93. The van der Waals surface area contributed by atoms with Crippen LogP contribution in [0.25, 0.3) is 22.3 Å². The molecule has 6 rings (SSSR count). The number of allylic oxidation sites excluding steroid dienone is 1. The number of nitrogens with one attached hydrogen (secondary N) is 2. The second-order valence-electron chi connectivity index (χ2n) is 9.33. The lowest BCUT2D eigenvalue weighted by Gasteiger charge is -2.32. The van der Waals surface area contributed by atoms with Crippen molar-refractivity contribution in [2.45, 2.75) is 32.9 Å². The molecule has 13 heteroatoms. The molecule has 1 aromatic carbocycles. The molecule has 2 aliphatic rings. The van der Waals surface area contributed by atoms with E-state index >= 15 is 0 Å². The highest BCUT2D eigenvalue weighted by atomic mass is 16.5. The predicted molar refractivity (Wildman–Crippen MR) is 137 cm³/mol. The summed E-state index contributed by atoms with van der Waals surface area (Å²) in [7, 11) is 1.84. The van der Waals surface area contributed by atoms with E-state index in [9.17, 15) is 4.79 Å². The average molecular weight is 502 g/mol. The number of amides is 1. The first-order valence-electron chi connectivity index (χ1n) is 12.1. The molecule has 190 valence electrons. The highest BCUT2D eigenvalue weighted by Gasteiger charge is 2.32. The molecule has 0 radical (unpaired) electrons. The normalized spacial score (nSPS) is 19.9. The van der Waals surface area contributed by atoms with Crippen molar-refractivity contribution in [2.24, 2.45) is 0 Å². The lowest BCUT2D eigenvalue weighted by atomic mass is 10.0. The van der Waals surface area contributed by atoms with Crippen molar-refractivity contribution >= 4 is 34.3 Å². The number of H-pyrrole nitrogens is 1. The smallest absolute Gasteiger partial charge is 0.255 e. The first kappa shape index (κ1) is 23.0. The van der Waals surface area contributed by atoms with Crippen LogP contribution in [0.4, 0.5) is 17.5 Å². The minimum absolute atomic E-state index is 0.141. The molecule has 13 nitrogen and oxygen atoms in total. The Morgan fingerprint density at radius 1 is 1.22 bits per heavy atom. The lowest BCUT2D eigenvalue weighted by Crippen LogP contribution is -2.41. The number of nitrogens with zero attached hydrogens (tertiary/aromatic N) is 9. The van der Waals surface area contributed by atoms with Crippen LogP contribution >= 0.6 is 0 Å². The molecule has 1 fully saturated rings. The van der Waals surface area contributed by atoms with Gasteiger partial charge in [-0.25, -0.2) is 14.6 Å². The molecule has 1 unspecified atom stereocenters. The predicted octanol–water partition coefficient (Wildman–Crippen LogP) is 2.15. The summed E-state index contributed by atoms with van der Waals surface area (Å²) in [6, 6.07) is 7.27. The minimum Gasteiger partial charge on any atom is -0.375 e. The van der Waals surface area contributed by atoms with Gasteiger partial charge in [-0.05, 0) is 49.4 Å². The first-order valence-corrected chi connectivity index (χ1v) is 12.1. The molecular weight excluding hydrogens is 474 g/mol. The van der Waals surface area contributed by atoms with E-state index < -0.39 is 0 Å². The van der Waals surface area contributed by atoms with E-state index in [4.69, 9.17) is 4.74 Å². The summed E-state index contributed by atoms with van der Waals surface area (Å²) in [6.45, 7) is 8.05. The number of carbonyl (C=O) groups excluding carboxylic acids is 1. The van der Waals surface area contributed by atoms with Crippen LogP contribution in [-0.2, 0) is 9.53 Å². The number of hydrogen-bond acceptors (Lipinski definition) is 10. The van der Waals surface area contributed by atoms with Crippen molar-refractivity contribution < 1.29 is 9.53 Å². The summed E-state index contributed by atoms with van der Waals surface area (Å²) in [4.78, 5) is 26.4. The summed E-state index contributed by atoms with van der Waals surface area (Å²) >= 11 is 0. The summed E-state index contributed by atoms with van der Waals surface area (Å²) in [5.41, 5.74) is 4.27. The quantitative estimate of drug-likeness (QED) is 0.427. The van der Waals surface area contributed by atoms with Crippen LogP contribution in [0.15, 0.2) is 41.9 Å². The van der Waals surface area contributed by atoms with Crippen molar-refractivity contribution in [3.8, 4) is 11.4 Å². The van der Waals surface area contributed by atoms with E-state index in [1.54, 1.807) is 11.0 Å². The topological polar surface area (TPSA) is 143 Å². The van der Waals surface area contributed by atoms with Gasteiger partial charge in [0.2, 0.25) is 5.95 Å². The van der Waals surface area contributed by atoms with Gasteiger partial charge in [-0.3, -0.25) is 9.89 Å². The van der Waals surface area contributed by atoms with Crippen LogP contribution in [0.3, 0.4) is 0 Å². The van der Waals surface area contributed by atoms with Crippen LogP contribution in [0.1, 0.15) is 26.8 Å². The average Bonchev–Trinajstić information content (AvgIpc) is 3.55. The van der Waals surface area contributed by atoms with E-state index in [1.807, 2.05) is 50.1 Å². The fraction of sp³-hybridized carbons (Fsp3) is 0.375. The molecule has 0 spiro atoms. The van der Waals surface area contributed by atoms with Crippen molar-refractivity contribution in [3.63, 3.8) is 0 Å². The molecule has 2 aliphatic heterocycles. The monoisotopic (exact) mass is 501 g/mol. The molecular formula is C24H27N11O2. The molecule has 5 heterocycles. The van der Waals surface area contributed by atoms with Gasteiger partial charge < -0.3 is 19.9 Å². The van der Waals surface area contributed by atoms with E-state index in [2.05, 4.69) is 52.8 Å². The second kappa shape index (κ2) is 8.92. The fourth-order valence-electron chi connectivity index (χ4n) is 4.93. The second-order valence-corrected chi connectivity index (χ2v) is 9.33. The molecule has 1 amide bonds. The standard InChI is InChI=1S/C24H27N11O2/c1-13-11-34(7-8-37-13)20-10-19(25-12-26-20)22-17-9-16(5-6-18(17)28-29-22)27-23(36)21-14(2)33(4)24-30-31-32-35(24)15(21)3/h5-6,9-10,12-13,15H,7-8,11H2,1-4H3,(H,27,36)(H,28,29)/t13-,15?/m0/s1. The van der Waals surface area contributed by atoms with E-state index in [-0.39, 0.29) is 18.1 Å². The summed E-state index contributed by atoms with van der Waals surface area (Å²) in [6.07, 6.45) is 1.70. The Labute approximate surface area is 212 Å². The Kier molecular flexibility index (Phi) is 5.56. The van der Waals surface area contributed by atoms with Gasteiger partial charge in [0.1, 0.15) is 17.8 Å². The number of morpholine rings is 1. The van der Waals surface area contributed by atoms with Crippen LogP contribution in [0.2, 0.25) is 0 Å². The molecule has 0 saturated carbocycles. The molecule has 0 aliphatic carbocycles. The lowest BCUT2D eigenvalue weighted by molar-refractivity contribution is -0.113. The van der Waals surface area contributed by atoms with Crippen molar-refractivity contribution in [1.82, 2.24) is 40.4 Å². The van der Waals surface area contributed by atoms with E-state index in [0.29, 0.717) is 35.2 Å². The number of anilines is 3. The Morgan fingerprint density at radius 2 is 2.08 bits per heavy atom. The molecule has 0 bridgehead atoms. The highest BCUT2D eigenvalue weighted by molar-refractivity contribution is 6.07.